The molecule has 7 heteroatoms. The Morgan fingerprint density at radius 2 is 1.78 bits per heavy atom. The maximum absolute atomic E-state index is 13.5. The van der Waals surface area contributed by atoms with Crippen LogP contribution in [0.3, 0.4) is 0 Å². The van der Waals surface area contributed by atoms with E-state index in [9.17, 15) is 13.6 Å². The van der Waals surface area contributed by atoms with Crippen LogP contribution in [0.25, 0.3) is 0 Å². The first kappa shape index (κ1) is 19.6. The maximum Gasteiger partial charge on any atom is 0.255 e. The maximum atomic E-state index is 13.5. The van der Waals surface area contributed by atoms with E-state index in [2.05, 4.69) is 4.90 Å². The van der Waals surface area contributed by atoms with Crippen LogP contribution in [0, 0.1) is 11.6 Å². The van der Waals surface area contributed by atoms with Gasteiger partial charge in [-0.15, -0.1) is 0 Å². The zero-order chi connectivity index (χ0) is 19.4. The normalized spacial score (nSPS) is 15.5. The zero-order valence-corrected chi connectivity index (χ0v) is 15.8. The van der Waals surface area contributed by atoms with Crippen LogP contribution in [-0.4, -0.2) is 49.0 Å². The highest BCUT2D eigenvalue weighted by Crippen LogP contribution is 2.22. The first-order chi connectivity index (χ1) is 13.0. The summed E-state index contributed by atoms with van der Waals surface area (Å²) >= 11 is 5.94. The lowest BCUT2D eigenvalue weighted by atomic mass is 10.1. The Morgan fingerprint density at radius 3 is 2.48 bits per heavy atom. The summed E-state index contributed by atoms with van der Waals surface area (Å²) < 4.78 is 31.9. The van der Waals surface area contributed by atoms with Crippen LogP contribution in [-0.2, 0) is 6.54 Å². The van der Waals surface area contributed by atoms with E-state index >= 15 is 0 Å². The molecule has 0 saturated carbocycles. The van der Waals surface area contributed by atoms with Crippen LogP contribution in [0.1, 0.15) is 22.3 Å². The van der Waals surface area contributed by atoms with E-state index in [0.717, 1.165) is 37.4 Å². The molecule has 1 aliphatic rings. The van der Waals surface area contributed by atoms with Crippen LogP contribution in [0.5, 0.6) is 5.75 Å². The molecule has 1 fully saturated rings. The fourth-order valence-electron chi connectivity index (χ4n) is 3.18. The summed E-state index contributed by atoms with van der Waals surface area (Å²) in [7, 11) is 1.63. The van der Waals surface area contributed by atoms with Crippen molar-refractivity contribution in [2.75, 3.05) is 33.3 Å². The molecule has 0 N–H and O–H groups in total. The van der Waals surface area contributed by atoms with Gasteiger partial charge >= 0.3 is 0 Å². The van der Waals surface area contributed by atoms with Crippen molar-refractivity contribution in [1.82, 2.24) is 9.80 Å². The number of nitrogens with zero attached hydrogens (tertiary/aromatic N) is 2. The van der Waals surface area contributed by atoms with E-state index < -0.39 is 11.6 Å². The Bertz CT molecular complexity index is 814. The summed E-state index contributed by atoms with van der Waals surface area (Å²) in [6.07, 6.45) is 0.795. The Hall–Kier alpha value is -2.18. The molecule has 0 bridgehead atoms. The second-order valence-electron chi connectivity index (χ2n) is 6.52. The van der Waals surface area contributed by atoms with Gasteiger partial charge in [-0.25, -0.2) is 8.78 Å². The van der Waals surface area contributed by atoms with E-state index in [-0.39, 0.29) is 16.5 Å². The fraction of sp³-hybridized carbons (Fsp3) is 0.350. The fourth-order valence-corrected chi connectivity index (χ4v) is 3.41. The molecule has 1 saturated heterocycles. The summed E-state index contributed by atoms with van der Waals surface area (Å²) in [5, 5.41) is -0.0711. The van der Waals surface area contributed by atoms with Gasteiger partial charge in [0.1, 0.15) is 5.75 Å². The molecule has 1 amide bonds. The second-order valence-corrected chi connectivity index (χ2v) is 6.92. The number of halogens is 3. The van der Waals surface area contributed by atoms with Gasteiger partial charge in [0.15, 0.2) is 11.6 Å². The highest BCUT2D eigenvalue weighted by Gasteiger charge is 2.23. The minimum Gasteiger partial charge on any atom is -0.497 e. The predicted octanol–water partition coefficient (Wildman–Crippen LogP) is 3.97. The van der Waals surface area contributed by atoms with Crippen molar-refractivity contribution in [2.45, 2.75) is 13.0 Å². The largest absolute Gasteiger partial charge is 0.497 e. The Labute approximate surface area is 162 Å². The first-order valence-corrected chi connectivity index (χ1v) is 9.15. The molecule has 1 aliphatic heterocycles. The van der Waals surface area contributed by atoms with Crippen LogP contribution in [0.2, 0.25) is 5.02 Å². The third-order valence-electron chi connectivity index (χ3n) is 4.68. The number of methoxy groups -OCH3 is 1. The average Bonchev–Trinajstić information content (AvgIpc) is 2.90. The van der Waals surface area contributed by atoms with Crippen molar-refractivity contribution in [1.29, 1.82) is 0 Å². The first-order valence-electron chi connectivity index (χ1n) is 8.77. The van der Waals surface area contributed by atoms with Gasteiger partial charge in [0.25, 0.3) is 5.91 Å². The predicted molar refractivity (Wildman–Crippen MR) is 100 cm³/mol. The number of carbonyl (C=O) groups excluding carboxylic acids is 1. The van der Waals surface area contributed by atoms with Crippen molar-refractivity contribution < 1.29 is 18.3 Å². The molecule has 0 aliphatic carbocycles. The molecular weight excluding hydrogens is 374 g/mol. The van der Waals surface area contributed by atoms with Crippen LogP contribution < -0.4 is 4.74 Å². The third kappa shape index (κ3) is 4.76. The Morgan fingerprint density at radius 1 is 1.07 bits per heavy atom. The number of amides is 1. The number of ether oxygens (including phenoxy) is 1. The minimum atomic E-state index is -1.07. The average molecular weight is 395 g/mol. The monoisotopic (exact) mass is 394 g/mol. The molecular formula is C20H21ClF2N2O2. The SMILES string of the molecule is COc1ccc(CN2CCCN(C(=O)c3cc(F)c(F)cc3Cl)CC2)cc1. The van der Waals surface area contributed by atoms with E-state index in [1.54, 1.807) is 12.0 Å². The molecule has 0 radical (unpaired) electrons. The minimum absolute atomic E-state index is 0.000768. The van der Waals surface area contributed by atoms with E-state index in [0.29, 0.717) is 19.6 Å². The van der Waals surface area contributed by atoms with Crippen molar-refractivity contribution in [3.8, 4) is 5.75 Å². The topological polar surface area (TPSA) is 32.8 Å². The van der Waals surface area contributed by atoms with Crippen molar-refractivity contribution >= 4 is 17.5 Å². The summed E-state index contributed by atoms with van der Waals surface area (Å²) in [5.41, 5.74) is 1.17. The highest BCUT2D eigenvalue weighted by molar-refractivity contribution is 6.33. The second kappa shape index (κ2) is 8.67. The lowest BCUT2D eigenvalue weighted by molar-refractivity contribution is 0.0760. The molecule has 2 aromatic carbocycles. The lowest BCUT2D eigenvalue weighted by Gasteiger charge is -2.22. The molecule has 0 atom stereocenters. The molecule has 3 rings (SSSR count). The summed E-state index contributed by atoms with van der Waals surface area (Å²) in [5.74, 6) is -1.68. The van der Waals surface area contributed by atoms with Gasteiger partial charge in [0, 0.05) is 32.7 Å². The lowest BCUT2D eigenvalue weighted by Crippen LogP contribution is -2.35. The van der Waals surface area contributed by atoms with Gasteiger partial charge in [-0.1, -0.05) is 23.7 Å². The van der Waals surface area contributed by atoms with E-state index in [4.69, 9.17) is 16.3 Å². The third-order valence-corrected chi connectivity index (χ3v) is 4.99. The van der Waals surface area contributed by atoms with E-state index in [1.807, 2.05) is 24.3 Å². The smallest absolute Gasteiger partial charge is 0.255 e. The van der Waals surface area contributed by atoms with Crippen molar-refractivity contribution in [2.24, 2.45) is 0 Å². The standard InChI is InChI=1S/C20H21ClF2N2O2/c1-27-15-5-3-14(4-6-15)13-24-7-2-8-25(10-9-24)20(26)16-11-18(22)19(23)12-17(16)21/h3-6,11-12H,2,7-10,13H2,1H3. The van der Waals surface area contributed by atoms with Gasteiger partial charge < -0.3 is 9.64 Å². The number of hydrogen-bond donors (Lipinski definition) is 0. The molecule has 27 heavy (non-hydrogen) atoms. The van der Waals surface area contributed by atoms with Crippen LogP contribution in [0.15, 0.2) is 36.4 Å². The van der Waals surface area contributed by atoms with Gasteiger partial charge in [0.05, 0.1) is 17.7 Å². The van der Waals surface area contributed by atoms with Crippen LogP contribution in [0.4, 0.5) is 8.78 Å². The van der Waals surface area contributed by atoms with Gasteiger partial charge in [-0.2, -0.15) is 0 Å². The Balaban J connectivity index is 1.64. The molecule has 0 spiro atoms. The quantitative estimate of drug-likeness (QED) is 0.735. The number of benzene rings is 2. The number of hydrogen-bond acceptors (Lipinski definition) is 3. The molecule has 0 aromatic heterocycles. The van der Waals surface area contributed by atoms with Gasteiger partial charge in [-0.05, 0) is 36.2 Å². The van der Waals surface area contributed by atoms with E-state index in [1.165, 1.54) is 5.56 Å². The molecule has 4 nitrogen and oxygen atoms in total. The molecule has 0 unspecified atom stereocenters. The summed E-state index contributed by atoms with van der Waals surface area (Å²) in [6.45, 7) is 3.37. The molecule has 1 heterocycles. The summed E-state index contributed by atoms with van der Waals surface area (Å²) in [6, 6.07) is 9.61. The Kier molecular flexibility index (Phi) is 6.29. The van der Waals surface area contributed by atoms with Crippen molar-refractivity contribution in [3.63, 3.8) is 0 Å². The number of carbonyl (C=O) groups is 1. The molecule has 144 valence electrons. The van der Waals surface area contributed by atoms with Crippen molar-refractivity contribution in [3.05, 3.63) is 64.2 Å². The summed E-state index contributed by atoms with van der Waals surface area (Å²) in [4.78, 5) is 16.6. The number of rotatable bonds is 4. The highest BCUT2D eigenvalue weighted by atomic mass is 35.5. The zero-order valence-electron chi connectivity index (χ0n) is 15.1. The van der Waals surface area contributed by atoms with Gasteiger partial charge in [-0.3, -0.25) is 9.69 Å². The molecule has 2 aromatic rings. The van der Waals surface area contributed by atoms with Gasteiger partial charge in [0.2, 0.25) is 0 Å². The van der Waals surface area contributed by atoms with Crippen LogP contribution >= 0.6 is 11.6 Å².